The number of rotatable bonds is 2. The van der Waals surface area contributed by atoms with E-state index in [0.29, 0.717) is 0 Å². The van der Waals surface area contributed by atoms with Crippen LogP contribution in [0.25, 0.3) is 11.1 Å². The zero-order valence-electron chi connectivity index (χ0n) is 12.5. The van der Waals surface area contributed by atoms with Gasteiger partial charge in [0.15, 0.2) is 5.78 Å². The first-order chi connectivity index (χ1) is 10.7. The van der Waals surface area contributed by atoms with Gasteiger partial charge in [-0.2, -0.15) is 0 Å². The van der Waals surface area contributed by atoms with Gasteiger partial charge in [-0.3, -0.25) is 4.79 Å². The molecular weight excluding hydrogens is 268 g/mol. The molecule has 0 spiro atoms. The van der Waals surface area contributed by atoms with E-state index in [1.165, 1.54) is 22.3 Å². The summed E-state index contributed by atoms with van der Waals surface area (Å²) < 4.78 is 0. The lowest BCUT2D eigenvalue weighted by Crippen LogP contribution is -2.04. The van der Waals surface area contributed by atoms with Crippen molar-refractivity contribution in [2.45, 2.75) is 13.3 Å². The maximum absolute atomic E-state index is 12.7. The Morgan fingerprint density at radius 3 is 2.41 bits per heavy atom. The molecule has 0 unspecified atom stereocenters. The molecule has 0 aliphatic heterocycles. The Balaban J connectivity index is 1.76. The van der Waals surface area contributed by atoms with Crippen LogP contribution in [0.15, 0.2) is 66.7 Å². The number of fused-ring (bicyclic) bond motifs is 3. The highest BCUT2D eigenvalue weighted by Gasteiger charge is 2.20. The molecule has 22 heavy (non-hydrogen) atoms. The van der Waals surface area contributed by atoms with Crippen molar-refractivity contribution in [3.63, 3.8) is 0 Å². The highest BCUT2D eigenvalue weighted by atomic mass is 16.1. The maximum Gasteiger partial charge on any atom is 0.193 e. The predicted octanol–water partition coefficient (Wildman–Crippen LogP) is 4.80. The molecule has 1 nitrogen and oxygen atoms in total. The van der Waals surface area contributed by atoms with Crippen LogP contribution in [-0.2, 0) is 6.42 Å². The average molecular weight is 284 g/mol. The van der Waals surface area contributed by atoms with E-state index in [-0.39, 0.29) is 5.78 Å². The number of carbonyl (C=O) groups excluding carboxylic acids is 1. The van der Waals surface area contributed by atoms with Crippen LogP contribution >= 0.6 is 0 Å². The van der Waals surface area contributed by atoms with Gasteiger partial charge in [0.25, 0.3) is 0 Å². The summed E-state index contributed by atoms with van der Waals surface area (Å²) in [4.78, 5) is 12.7. The number of hydrogen-bond donors (Lipinski definition) is 0. The minimum atomic E-state index is 0.108. The Morgan fingerprint density at radius 1 is 0.818 bits per heavy atom. The molecule has 0 bridgehead atoms. The molecule has 3 aromatic rings. The van der Waals surface area contributed by atoms with Crippen LogP contribution in [0.3, 0.4) is 0 Å². The average Bonchev–Trinajstić information content (AvgIpc) is 2.92. The smallest absolute Gasteiger partial charge is 0.193 e. The zero-order valence-corrected chi connectivity index (χ0v) is 12.5. The van der Waals surface area contributed by atoms with Crippen molar-refractivity contribution in [3.8, 4) is 11.1 Å². The molecule has 1 heteroatoms. The largest absolute Gasteiger partial charge is 0.289 e. The van der Waals surface area contributed by atoms with Crippen LogP contribution in [0.4, 0.5) is 0 Å². The van der Waals surface area contributed by atoms with Gasteiger partial charge < -0.3 is 0 Å². The molecule has 3 aromatic carbocycles. The van der Waals surface area contributed by atoms with Crippen LogP contribution in [0.5, 0.6) is 0 Å². The Morgan fingerprint density at radius 2 is 1.55 bits per heavy atom. The van der Waals surface area contributed by atoms with E-state index in [9.17, 15) is 4.79 Å². The quantitative estimate of drug-likeness (QED) is 0.483. The first-order valence-electron chi connectivity index (χ1n) is 7.55. The van der Waals surface area contributed by atoms with Gasteiger partial charge in [0.05, 0.1) is 0 Å². The van der Waals surface area contributed by atoms with Gasteiger partial charge in [0.1, 0.15) is 0 Å². The summed E-state index contributed by atoms with van der Waals surface area (Å²) in [7, 11) is 0. The highest BCUT2D eigenvalue weighted by Crippen LogP contribution is 2.37. The molecule has 1 aliphatic rings. The molecule has 0 N–H and O–H groups in total. The molecule has 0 radical (unpaired) electrons. The SMILES string of the molecule is Cc1ccccc1C(=O)c1ccc2c(c1)Cc1ccccc1-2. The van der Waals surface area contributed by atoms with Gasteiger partial charge >= 0.3 is 0 Å². The summed E-state index contributed by atoms with van der Waals surface area (Å²) >= 11 is 0. The van der Waals surface area contributed by atoms with Crippen LogP contribution in [0.2, 0.25) is 0 Å². The van der Waals surface area contributed by atoms with Crippen molar-refractivity contribution >= 4 is 5.78 Å². The lowest BCUT2D eigenvalue weighted by molar-refractivity contribution is 0.103. The Hall–Kier alpha value is -2.67. The number of benzene rings is 3. The van der Waals surface area contributed by atoms with E-state index >= 15 is 0 Å². The Labute approximate surface area is 130 Å². The third-order valence-electron chi connectivity index (χ3n) is 4.45. The highest BCUT2D eigenvalue weighted by molar-refractivity contribution is 6.10. The van der Waals surface area contributed by atoms with Crippen molar-refractivity contribution in [1.29, 1.82) is 0 Å². The molecule has 4 rings (SSSR count). The van der Waals surface area contributed by atoms with Crippen molar-refractivity contribution in [2.75, 3.05) is 0 Å². The van der Waals surface area contributed by atoms with Crippen molar-refractivity contribution in [3.05, 3.63) is 94.5 Å². The molecule has 0 fully saturated rings. The fourth-order valence-corrected chi connectivity index (χ4v) is 3.27. The molecule has 106 valence electrons. The van der Waals surface area contributed by atoms with Crippen LogP contribution < -0.4 is 0 Å². The van der Waals surface area contributed by atoms with Gasteiger partial charge in [-0.05, 0) is 47.2 Å². The normalized spacial score (nSPS) is 11.9. The number of hydrogen-bond acceptors (Lipinski definition) is 1. The molecular formula is C21H16O. The lowest BCUT2D eigenvalue weighted by Gasteiger charge is -2.07. The number of ketones is 1. The van der Waals surface area contributed by atoms with E-state index in [1.807, 2.05) is 37.3 Å². The second-order valence-electron chi connectivity index (χ2n) is 5.85. The first kappa shape index (κ1) is 13.0. The Kier molecular flexibility index (Phi) is 2.93. The van der Waals surface area contributed by atoms with E-state index < -0.39 is 0 Å². The molecule has 0 amide bonds. The van der Waals surface area contributed by atoms with Crippen LogP contribution in [0, 0.1) is 6.92 Å². The minimum Gasteiger partial charge on any atom is -0.289 e. The van der Waals surface area contributed by atoms with E-state index in [2.05, 4.69) is 36.4 Å². The zero-order chi connectivity index (χ0) is 15.1. The molecule has 0 saturated carbocycles. The van der Waals surface area contributed by atoms with Crippen molar-refractivity contribution in [2.24, 2.45) is 0 Å². The van der Waals surface area contributed by atoms with Crippen LogP contribution in [-0.4, -0.2) is 5.78 Å². The lowest BCUT2D eigenvalue weighted by atomic mass is 9.96. The number of aryl methyl sites for hydroxylation is 1. The minimum absolute atomic E-state index is 0.108. The van der Waals surface area contributed by atoms with Gasteiger partial charge in [0.2, 0.25) is 0 Å². The molecule has 0 aromatic heterocycles. The monoisotopic (exact) mass is 284 g/mol. The van der Waals surface area contributed by atoms with Gasteiger partial charge in [-0.25, -0.2) is 0 Å². The number of carbonyl (C=O) groups is 1. The second-order valence-corrected chi connectivity index (χ2v) is 5.85. The van der Waals surface area contributed by atoms with Crippen molar-refractivity contribution in [1.82, 2.24) is 0 Å². The van der Waals surface area contributed by atoms with E-state index in [0.717, 1.165) is 23.1 Å². The maximum atomic E-state index is 12.7. The second kappa shape index (κ2) is 4.96. The molecule has 0 atom stereocenters. The summed E-state index contributed by atoms with van der Waals surface area (Å²) in [6.07, 6.45) is 0.917. The molecule has 1 aliphatic carbocycles. The standard InChI is InChI=1S/C21H16O/c1-14-6-2-4-8-18(14)21(22)16-10-11-20-17(13-16)12-15-7-3-5-9-19(15)20/h2-11,13H,12H2,1H3. The summed E-state index contributed by atoms with van der Waals surface area (Å²) in [6, 6.07) is 22.3. The first-order valence-corrected chi connectivity index (χ1v) is 7.55. The fourth-order valence-electron chi connectivity index (χ4n) is 3.27. The predicted molar refractivity (Wildman–Crippen MR) is 89.3 cm³/mol. The van der Waals surface area contributed by atoms with Crippen LogP contribution in [0.1, 0.15) is 32.6 Å². The third-order valence-corrected chi connectivity index (χ3v) is 4.45. The molecule has 0 heterocycles. The van der Waals surface area contributed by atoms with E-state index in [4.69, 9.17) is 0 Å². The van der Waals surface area contributed by atoms with Gasteiger partial charge in [0, 0.05) is 11.1 Å². The van der Waals surface area contributed by atoms with Gasteiger partial charge in [-0.15, -0.1) is 0 Å². The van der Waals surface area contributed by atoms with Gasteiger partial charge in [-0.1, -0.05) is 60.7 Å². The summed E-state index contributed by atoms with van der Waals surface area (Å²) in [5.41, 5.74) is 7.75. The van der Waals surface area contributed by atoms with E-state index in [1.54, 1.807) is 0 Å². The summed E-state index contributed by atoms with van der Waals surface area (Å²) in [6.45, 7) is 1.98. The molecule has 0 saturated heterocycles. The Bertz CT molecular complexity index is 890. The third kappa shape index (κ3) is 1.98. The fraction of sp³-hybridized carbons (Fsp3) is 0.0952. The topological polar surface area (TPSA) is 17.1 Å². The summed E-state index contributed by atoms with van der Waals surface area (Å²) in [5.74, 6) is 0.108. The van der Waals surface area contributed by atoms with Crippen molar-refractivity contribution < 1.29 is 4.79 Å². The summed E-state index contributed by atoms with van der Waals surface area (Å²) in [5, 5.41) is 0.